The van der Waals surface area contributed by atoms with Gasteiger partial charge in [0.05, 0.1) is 0 Å². The molecule has 0 atom stereocenters. The van der Waals surface area contributed by atoms with Crippen molar-refractivity contribution in [3.63, 3.8) is 0 Å². The van der Waals surface area contributed by atoms with E-state index in [9.17, 15) is 4.79 Å². The van der Waals surface area contributed by atoms with Crippen molar-refractivity contribution in [1.82, 2.24) is 10.2 Å². The normalized spacial score (nSPS) is 14.2. The lowest BCUT2D eigenvalue weighted by Crippen LogP contribution is -2.30. The van der Waals surface area contributed by atoms with E-state index in [4.69, 9.17) is 16.3 Å². The lowest BCUT2D eigenvalue weighted by atomic mass is 10.0. The summed E-state index contributed by atoms with van der Waals surface area (Å²) in [5.41, 5.74) is 4.01. The molecule has 1 aliphatic heterocycles. The number of nitrogens with one attached hydrogen (secondary N) is 1. The van der Waals surface area contributed by atoms with Gasteiger partial charge in [0.25, 0.3) is 5.91 Å². The van der Waals surface area contributed by atoms with Crippen LogP contribution in [-0.2, 0) is 19.7 Å². The number of nitrogens with zero attached hydrogens (tertiary/aromatic N) is 1. The highest BCUT2D eigenvalue weighted by Crippen LogP contribution is 2.20. The van der Waals surface area contributed by atoms with Gasteiger partial charge in [-0.2, -0.15) is 0 Å². The summed E-state index contributed by atoms with van der Waals surface area (Å²) >= 11 is 6.17. The minimum atomic E-state index is -0.0876. The van der Waals surface area contributed by atoms with Crippen LogP contribution in [0.4, 0.5) is 0 Å². The van der Waals surface area contributed by atoms with Crippen molar-refractivity contribution in [2.75, 3.05) is 13.1 Å². The topological polar surface area (TPSA) is 41.6 Å². The fourth-order valence-electron chi connectivity index (χ4n) is 4.00. The average Bonchev–Trinajstić information content (AvgIpc) is 2.84. The Hall–Kier alpha value is -2.82. The summed E-state index contributed by atoms with van der Waals surface area (Å²) < 4.78 is 5.80. The third-order valence-electron chi connectivity index (χ3n) is 5.87. The van der Waals surface area contributed by atoms with Crippen molar-refractivity contribution in [2.45, 2.75) is 39.0 Å². The van der Waals surface area contributed by atoms with Crippen LogP contribution >= 0.6 is 11.6 Å². The maximum absolute atomic E-state index is 12.7. The molecule has 0 spiro atoms. The largest absolute Gasteiger partial charge is 0.489 e. The van der Waals surface area contributed by atoms with Crippen molar-refractivity contribution in [2.24, 2.45) is 0 Å². The van der Waals surface area contributed by atoms with E-state index in [0.717, 1.165) is 25.2 Å². The minimum absolute atomic E-state index is 0.0876. The molecule has 3 aromatic rings. The summed E-state index contributed by atoms with van der Waals surface area (Å²) in [5, 5.41) is 3.75. The molecule has 1 saturated heterocycles. The number of amides is 1. The van der Waals surface area contributed by atoms with Crippen LogP contribution in [0, 0.1) is 0 Å². The molecule has 0 bridgehead atoms. The molecule has 0 aliphatic carbocycles. The summed E-state index contributed by atoms with van der Waals surface area (Å²) in [5.74, 6) is 0.615. The van der Waals surface area contributed by atoms with Crippen LogP contribution in [0.25, 0.3) is 0 Å². The molecule has 5 heteroatoms. The Morgan fingerprint density at radius 3 is 2.22 bits per heavy atom. The fourth-order valence-corrected chi connectivity index (χ4v) is 4.19. The summed E-state index contributed by atoms with van der Waals surface area (Å²) in [6.07, 6.45) is 3.88. The highest BCUT2D eigenvalue weighted by atomic mass is 35.5. The van der Waals surface area contributed by atoms with Crippen LogP contribution in [-0.4, -0.2) is 23.9 Å². The van der Waals surface area contributed by atoms with Gasteiger partial charge in [-0.15, -0.1) is 0 Å². The number of carbonyl (C=O) groups is 1. The quantitative estimate of drug-likeness (QED) is 0.471. The van der Waals surface area contributed by atoms with Crippen molar-refractivity contribution in [3.8, 4) is 5.75 Å². The fraction of sp³-hybridized carbons (Fsp3) is 0.296. The number of hydrogen-bond acceptors (Lipinski definition) is 3. The van der Waals surface area contributed by atoms with E-state index in [1.165, 1.54) is 30.4 Å². The highest BCUT2D eigenvalue weighted by Gasteiger charge is 2.13. The first-order chi connectivity index (χ1) is 15.7. The number of piperidine rings is 1. The van der Waals surface area contributed by atoms with Crippen LogP contribution in [0.15, 0.2) is 72.8 Å². The van der Waals surface area contributed by atoms with Crippen LogP contribution in [0.1, 0.15) is 46.3 Å². The summed E-state index contributed by atoms with van der Waals surface area (Å²) in [7, 11) is 0. The molecule has 3 aromatic carbocycles. The minimum Gasteiger partial charge on any atom is -0.489 e. The maximum atomic E-state index is 12.7. The third kappa shape index (κ3) is 6.12. The van der Waals surface area contributed by atoms with Crippen LogP contribution in [0.5, 0.6) is 5.75 Å². The van der Waals surface area contributed by atoms with Crippen molar-refractivity contribution < 1.29 is 9.53 Å². The molecule has 1 aliphatic rings. The van der Waals surface area contributed by atoms with Crippen LogP contribution in [0.3, 0.4) is 0 Å². The Balaban J connectivity index is 1.31. The molecule has 4 nitrogen and oxygen atoms in total. The Bertz CT molecular complexity index is 1030. The van der Waals surface area contributed by atoms with E-state index >= 15 is 0 Å². The Labute approximate surface area is 195 Å². The Morgan fingerprint density at radius 2 is 1.50 bits per heavy atom. The first kappa shape index (κ1) is 22.4. The predicted octanol–water partition coefficient (Wildman–Crippen LogP) is 5.83. The number of hydrogen-bond donors (Lipinski definition) is 1. The number of benzene rings is 3. The van der Waals surface area contributed by atoms with Gasteiger partial charge in [-0.25, -0.2) is 0 Å². The van der Waals surface area contributed by atoms with E-state index in [0.29, 0.717) is 29.5 Å². The smallest absolute Gasteiger partial charge is 0.251 e. The van der Waals surface area contributed by atoms with Gasteiger partial charge in [-0.3, -0.25) is 9.69 Å². The van der Waals surface area contributed by atoms with Crippen molar-refractivity contribution in [1.29, 1.82) is 0 Å². The molecule has 0 saturated carbocycles. The lowest BCUT2D eigenvalue weighted by Gasteiger charge is -2.27. The predicted molar refractivity (Wildman–Crippen MR) is 129 cm³/mol. The molecule has 1 heterocycles. The van der Waals surface area contributed by atoms with Gasteiger partial charge in [0.1, 0.15) is 12.4 Å². The van der Waals surface area contributed by atoms with Gasteiger partial charge in [-0.05, 0) is 67.4 Å². The summed E-state index contributed by atoms with van der Waals surface area (Å²) in [4.78, 5) is 15.2. The van der Waals surface area contributed by atoms with Gasteiger partial charge >= 0.3 is 0 Å². The zero-order valence-corrected chi connectivity index (χ0v) is 19.0. The number of halogens is 1. The van der Waals surface area contributed by atoms with E-state index in [2.05, 4.69) is 28.4 Å². The van der Waals surface area contributed by atoms with Crippen LogP contribution in [0.2, 0.25) is 5.02 Å². The second kappa shape index (κ2) is 11.2. The van der Waals surface area contributed by atoms with E-state index in [1.807, 2.05) is 42.5 Å². The third-order valence-corrected chi connectivity index (χ3v) is 6.24. The second-order valence-corrected chi connectivity index (χ2v) is 8.60. The SMILES string of the molecule is O=C(NCc1ccccc1CN1CCCCC1)c1ccc(OCc2ccccc2Cl)cc1. The molecular formula is C27H29ClN2O2. The van der Waals surface area contributed by atoms with Crippen molar-refractivity contribution in [3.05, 3.63) is 100 Å². The number of carbonyl (C=O) groups excluding carboxylic acids is 1. The molecular weight excluding hydrogens is 420 g/mol. The monoisotopic (exact) mass is 448 g/mol. The number of rotatable bonds is 8. The van der Waals surface area contributed by atoms with Gasteiger partial charge in [-0.1, -0.05) is 60.5 Å². The number of likely N-dealkylation sites (tertiary alicyclic amines) is 1. The van der Waals surface area contributed by atoms with E-state index in [1.54, 1.807) is 12.1 Å². The molecule has 0 aromatic heterocycles. The zero-order chi connectivity index (χ0) is 22.2. The number of ether oxygens (including phenoxy) is 1. The molecule has 1 N–H and O–H groups in total. The highest BCUT2D eigenvalue weighted by molar-refractivity contribution is 6.31. The van der Waals surface area contributed by atoms with Gasteiger partial charge in [0.2, 0.25) is 0 Å². The van der Waals surface area contributed by atoms with Crippen LogP contribution < -0.4 is 10.1 Å². The molecule has 1 amide bonds. The Morgan fingerprint density at radius 1 is 0.844 bits per heavy atom. The standard InChI is InChI=1S/C27H29ClN2O2/c28-26-11-5-4-10-24(26)20-32-25-14-12-21(13-15-25)27(31)29-18-22-8-2-3-9-23(22)19-30-16-6-1-7-17-30/h2-5,8-15H,1,6-7,16-20H2,(H,29,31). The summed E-state index contributed by atoms with van der Waals surface area (Å²) in [6, 6.07) is 23.2. The molecule has 1 fully saturated rings. The second-order valence-electron chi connectivity index (χ2n) is 8.19. The molecule has 32 heavy (non-hydrogen) atoms. The Kier molecular flexibility index (Phi) is 7.81. The first-order valence-electron chi connectivity index (χ1n) is 11.2. The molecule has 4 rings (SSSR count). The maximum Gasteiger partial charge on any atom is 0.251 e. The lowest BCUT2D eigenvalue weighted by molar-refractivity contribution is 0.0950. The molecule has 166 valence electrons. The summed E-state index contributed by atoms with van der Waals surface area (Å²) in [6.45, 7) is 4.17. The molecule has 0 radical (unpaired) electrons. The van der Waals surface area contributed by atoms with Gasteiger partial charge < -0.3 is 10.1 Å². The van der Waals surface area contributed by atoms with Gasteiger partial charge in [0.15, 0.2) is 0 Å². The first-order valence-corrected chi connectivity index (χ1v) is 11.6. The zero-order valence-electron chi connectivity index (χ0n) is 18.2. The average molecular weight is 449 g/mol. The van der Waals surface area contributed by atoms with E-state index < -0.39 is 0 Å². The van der Waals surface area contributed by atoms with Crippen molar-refractivity contribution >= 4 is 17.5 Å². The van der Waals surface area contributed by atoms with Gasteiger partial charge in [0, 0.05) is 29.2 Å². The van der Waals surface area contributed by atoms with E-state index in [-0.39, 0.29) is 5.91 Å². The molecule has 0 unspecified atom stereocenters.